The van der Waals surface area contributed by atoms with Crippen LogP contribution in [0.2, 0.25) is 0 Å². The number of hydrogen-bond donors (Lipinski definition) is 2. The minimum atomic E-state index is -0.995. The lowest BCUT2D eigenvalue weighted by Crippen LogP contribution is -2.55. The number of piperazine rings is 1. The van der Waals surface area contributed by atoms with Gasteiger partial charge in [-0.3, -0.25) is 19.1 Å². The fourth-order valence-electron chi connectivity index (χ4n) is 5.82. The smallest absolute Gasteiger partial charge is 0.376 e. The van der Waals surface area contributed by atoms with Gasteiger partial charge in [-0.15, -0.1) is 0 Å². The predicted octanol–water partition coefficient (Wildman–Crippen LogP) is 4.00. The van der Waals surface area contributed by atoms with Crippen molar-refractivity contribution in [1.29, 1.82) is 0 Å². The SMILES string of the molecule is COC(=O)C(=O)C(NC(=O)CN1CCN(SCc2ccccc2)CC1=O)C1CCC(NSc2c(C)cc(OC)c(C)c2C)CC1. The fourth-order valence-corrected chi connectivity index (χ4v) is 7.81. The zero-order chi connectivity index (χ0) is 32.5. The maximum atomic E-state index is 13.1. The Hall–Kier alpha value is -3.06. The van der Waals surface area contributed by atoms with Crippen LogP contribution in [0, 0.1) is 26.7 Å². The summed E-state index contributed by atoms with van der Waals surface area (Å²) in [7, 11) is 2.84. The van der Waals surface area contributed by atoms with Crippen molar-refractivity contribution in [2.24, 2.45) is 5.92 Å². The van der Waals surface area contributed by atoms with E-state index in [1.54, 1.807) is 31.0 Å². The molecule has 1 saturated carbocycles. The first kappa shape index (κ1) is 34.8. The third-order valence-corrected chi connectivity index (χ3v) is 11.1. The summed E-state index contributed by atoms with van der Waals surface area (Å²) in [5, 5.41) is 2.79. The lowest BCUT2D eigenvalue weighted by Gasteiger charge is -2.35. The van der Waals surface area contributed by atoms with E-state index in [0.717, 1.165) is 42.6 Å². The molecule has 0 radical (unpaired) electrons. The van der Waals surface area contributed by atoms with Crippen LogP contribution >= 0.6 is 23.9 Å². The van der Waals surface area contributed by atoms with Crippen molar-refractivity contribution >= 4 is 47.5 Å². The molecule has 0 aromatic heterocycles. The zero-order valence-corrected chi connectivity index (χ0v) is 28.4. The number of ketones is 1. The van der Waals surface area contributed by atoms with E-state index >= 15 is 0 Å². The highest BCUT2D eigenvalue weighted by atomic mass is 32.2. The highest BCUT2D eigenvalue weighted by molar-refractivity contribution is 7.97. The van der Waals surface area contributed by atoms with E-state index in [1.165, 1.54) is 20.9 Å². The standard InChI is InChI=1S/C33H44N4O6S2/c1-21-17-27(42-4)22(2)23(3)32(21)45-35-26-13-11-25(12-14-26)30(31(40)33(41)43-5)34-28(38)18-36-15-16-37(19-29(36)39)44-20-24-9-7-6-8-10-24/h6-10,17,25-26,30,35H,11-16,18-20H2,1-5H3,(H,34,38). The van der Waals surface area contributed by atoms with Crippen molar-refractivity contribution < 1.29 is 28.7 Å². The molecule has 10 nitrogen and oxygen atoms in total. The van der Waals surface area contributed by atoms with E-state index < -0.39 is 23.7 Å². The number of hydrogen-bond acceptors (Lipinski definition) is 10. The number of nitrogens with one attached hydrogen (secondary N) is 2. The molecule has 1 saturated heterocycles. The molecule has 2 aliphatic rings. The Kier molecular flexibility index (Phi) is 12.8. The second kappa shape index (κ2) is 16.5. The van der Waals surface area contributed by atoms with Crippen molar-refractivity contribution in [1.82, 2.24) is 19.2 Å². The highest BCUT2D eigenvalue weighted by Gasteiger charge is 2.37. The van der Waals surface area contributed by atoms with Gasteiger partial charge >= 0.3 is 5.97 Å². The molecule has 1 heterocycles. The van der Waals surface area contributed by atoms with Gasteiger partial charge in [0.1, 0.15) is 11.8 Å². The number of ether oxygens (including phenoxy) is 2. The summed E-state index contributed by atoms with van der Waals surface area (Å²) in [4.78, 5) is 54.0. The summed E-state index contributed by atoms with van der Waals surface area (Å²) in [6.45, 7) is 7.30. The average Bonchev–Trinajstić information content (AvgIpc) is 3.05. The van der Waals surface area contributed by atoms with Crippen LogP contribution in [0.3, 0.4) is 0 Å². The first-order chi connectivity index (χ1) is 21.6. The molecule has 2 aromatic carbocycles. The molecule has 2 aromatic rings. The van der Waals surface area contributed by atoms with E-state index in [1.807, 2.05) is 40.7 Å². The monoisotopic (exact) mass is 656 g/mol. The van der Waals surface area contributed by atoms with Gasteiger partial charge in [0.2, 0.25) is 11.8 Å². The Morgan fingerprint density at radius 1 is 1.00 bits per heavy atom. The van der Waals surface area contributed by atoms with Crippen LogP contribution in [0.15, 0.2) is 41.3 Å². The van der Waals surface area contributed by atoms with Gasteiger partial charge in [0.25, 0.3) is 5.78 Å². The van der Waals surface area contributed by atoms with Crippen LogP contribution in [-0.4, -0.2) is 85.3 Å². The summed E-state index contributed by atoms with van der Waals surface area (Å²) >= 11 is 3.21. The third kappa shape index (κ3) is 9.25. The second-order valence-electron chi connectivity index (χ2n) is 11.6. The maximum Gasteiger partial charge on any atom is 0.376 e. The van der Waals surface area contributed by atoms with Gasteiger partial charge in [-0.1, -0.05) is 42.3 Å². The van der Waals surface area contributed by atoms with Crippen LogP contribution in [0.25, 0.3) is 0 Å². The van der Waals surface area contributed by atoms with E-state index in [9.17, 15) is 19.2 Å². The van der Waals surface area contributed by atoms with Gasteiger partial charge in [0, 0.05) is 29.8 Å². The molecule has 1 unspecified atom stereocenters. The first-order valence-electron chi connectivity index (χ1n) is 15.3. The minimum absolute atomic E-state index is 0.144. The van der Waals surface area contributed by atoms with Crippen molar-refractivity contribution in [3.63, 3.8) is 0 Å². The Bertz CT molecular complexity index is 1370. The third-order valence-electron chi connectivity index (χ3n) is 8.63. The molecule has 2 N–H and O–H groups in total. The number of esters is 1. The fraction of sp³-hybridized carbons (Fsp3) is 0.515. The van der Waals surface area contributed by atoms with Crippen molar-refractivity contribution in [2.45, 2.75) is 69.2 Å². The number of benzene rings is 2. The van der Waals surface area contributed by atoms with Gasteiger partial charge in [-0.05, 0) is 92.6 Å². The van der Waals surface area contributed by atoms with Crippen molar-refractivity contribution in [2.75, 3.05) is 40.4 Å². The summed E-state index contributed by atoms with van der Waals surface area (Å²) in [6, 6.07) is 11.3. The number of rotatable bonds is 13. The molecule has 244 valence electrons. The van der Waals surface area contributed by atoms with Crippen LogP contribution in [0.4, 0.5) is 0 Å². The quantitative estimate of drug-likeness (QED) is 0.186. The molecule has 4 rings (SSSR count). The largest absolute Gasteiger partial charge is 0.496 e. The molecule has 1 aliphatic heterocycles. The number of methoxy groups -OCH3 is 2. The molecule has 1 aliphatic carbocycles. The molecule has 2 amide bonds. The molecular formula is C33H44N4O6S2. The molecule has 1 atom stereocenters. The number of carbonyl (C=O) groups excluding carboxylic acids is 4. The van der Waals surface area contributed by atoms with Crippen molar-refractivity contribution in [3.05, 3.63) is 58.7 Å². The molecule has 12 heteroatoms. The van der Waals surface area contributed by atoms with Crippen LogP contribution in [-0.2, 0) is 29.7 Å². The Balaban J connectivity index is 1.29. The Labute approximate surface area is 274 Å². The molecule has 0 spiro atoms. The second-order valence-corrected chi connectivity index (χ2v) is 13.6. The average molecular weight is 657 g/mol. The van der Waals surface area contributed by atoms with Crippen LogP contribution in [0.5, 0.6) is 5.75 Å². The molecule has 45 heavy (non-hydrogen) atoms. The van der Waals surface area contributed by atoms with E-state index in [2.05, 4.69) is 30.8 Å². The number of carbonyl (C=O) groups is 4. The summed E-state index contributed by atoms with van der Waals surface area (Å²) < 4.78 is 15.8. The van der Waals surface area contributed by atoms with Gasteiger partial charge < -0.3 is 19.7 Å². The number of amides is 2. The number of Topliss-reactive ketones (excluding diaryl/α,β-unsaturated/α-hetero) is 1. The topological polar surface area (TPSA) is 117 Å². The summed E-state index contributed by atoms with van der Waals surface area (Å²) in [5.41, 5.74) is 4.61. The number of aryl methyl sites for hydroxylation is 1. The highest BCUT2D eigenvalue weighted by Crippen LogP contribution is 2.35. The zero-order valence-electron chi connectivity index (χ0n) is 26.7. The summed E-state index contributed by atoms with van der Waals surface area (Å²) in [5.74, 6) is -0.896. The van der Waals surface area contributed by atoms with Gasteiger partial charge in [-0.25, -0.2) is 9.10 Å². The Morgan fingerprint density at radius 2 is 1.71 bits per heavy atom. The normalized spacial score (nSPS) is 19.6. The number of nitrogens with zero attached hydrogens (tertiary/aromatic N) is 2. The maximum absolute atomic E-state index is 13.1. The summed E-state index contributed by atoms with van der Waals surface area (Å²) in [6.07, 6.45) is 2.88. The van der Waals surface area contributed by atoms with E-state index in [-0.39, 0.29) is 31.0 Å². The van der Waals surface area contributed by atoms with Gasteiger partial charge in [-0.2, -0.15) is 0 Å². The molecular weight excluding hydrogens is 613 g/mol. The van der Waals surface area contributed by atoms with Crippen LogP contribution < -0.4 is 14.8 Å². The van der Waals surface area contributed by atoms with E-state index in [4.69, 9.17) is 9.47 Å². The molecule has 2 fully saturated rings. The predicted molar refractivity (Wildman–Crippen MR) is 177 cm³/mol. The van der Waals surface area contributed by atoms with Gasteiger partial charge in [0.15, 0.2) is 0 Å². The first-order valence-corrected chi connectivity index (χ1v) is 17.0. The minimum Gasteiger partial charge on any atom is -0.496 e. The van der Waals surface area contributed by atoms with Crippen molar-refractivity contribution in [3.8, 4) is 5.75 Å². The lowest BCUT2D eigenvalue weighted by atomic mass is 9.80. The Morgan fingerprint density at radius 3 is 2.36 bits per heavy atom. The van der Waals surface area contributed by atoms with Crippen LogP contribution in [0.1, 0.15) is 47.9 Å². The lowest BCUT2D eigenvalue weighted by molar-refractivity contribution is -0.154. The van der Waals surface area contributed by atoms with Gasteiger partial charge in [0.05, 0.1) is 27.3 Å². The molecule has 0 bridgehead atoms. The van der Waals surface area contributed by atoms with E-state index in [0.29, 0.717) is 25.9 Å².